The Bertz CT molecular complexity index is 1230. The summed E-state index contributed by atoms with van der Waals surface area (Å²) in [5.41, 5.74) is 1.77. The van der Waals surface area contributed by atoms with Gasteiger partial charge in [-0.05, 0) is 36.2 Å². The molecular weight excluding hydrogens is 468 g/mol. The van der Waals surface area contributed by atoms with Crippen LogP contribution in [0.1, 0.15) is 12.0 Å². The highest BCUT2D eigenvalue weighted by molar-refractivity contribution is 6.30. The minimum absolute atomic E-state index is 0.0574. The van der Waals surface area contributed by atoms with Crippen molar-refractivity contribution in [3.05, 3.63) is 59.1 Å². The number of hydrogen-bond donors (Lipinski definition) is 2. The Morgan fingerprint density at radius 2 is 1.71 bits per heavy atom. The van der Waals surface area contributed by atoms with E-state index in [0.717, 1.165) is 28.7 Å². The van der Waals surface area contributed by atoms with Crippen LogP contribution in [0.15, 0.2) is 48.5 Å². The van der Waals surface area contributed by atoms with Gasteiger partial charge in [-0.3, -0.25) is 4.79 Å². The topological polar surface area (TPSA) is 102 Å². The predicted molar refractivity (Wildman–Crippen MR) is 135 cm³/mol. The van der Waals surface area contributed by atoms with E-state index in [1.165, 1.54) is 4.90 Å². The van der Waals surface area contributed by atoms with E-state index in [2.05, 4.69) is 10.2 Å². The summed E-state index contributed by atoms with van der Waals surface area (Å²) in [6.07, 6.45) is 0.272. The van der Waals surface area contributed by atoms with Crippen LogP contribution in [-0.2, 0) is 11.2 Å². The van der Waals surface area contributed by atoms with Crippen LogP contribution in [-0.4, -0.2) is 82.2 Å². The lowest BCUT2D eigenvalue weighted by atomic mass is 10.1. The molecule has 10 heteroatoms. The molecule has 0 spiro atoms. The van der Waals surface area contributed by atoms with Gasteiger partial charge in [0.25, 0.3) is 0 Å². The molecule has 0 saturated carbocycles. The summed E-state index contributed by atoms with van der Waals surface area (Å²) in [5, 5.41) is 14.3. The summed E-state index contributed by atoms with van der Waals surface area (Å²) in [6.45, 7) is 3.29. The molecule has 2 fully saturated rings. The van der Waals surface area contributed by atoms with Gasteiger partial charge in [0.1, 0.15) is 5.82 Å². The standard InChI is InChI=1S/C25H27ClN6O3/c26-18-7-5-17(6-8-18)15-22(33)32-10-9-19(16-32)27-24-28-21-4-2-1-3-20(21)23(29-24)30-11-13-31(14-12-30)25(34)35/h1-8,19H,9-16H2,(H,34,35)(H,27,28,29)/t19-/m0/s1. The van der Waals surface area contributed by atoms with Gasteiger partial charge in [-0.15, -0.1) is 0 Å². The van der Waals surface area contributed by atoms with E-state index in [1.807, 2.05) is 41.3 Å². The lowest BCUT2D eigenvalue weighted by molar-refractivity contribution is -0.129. The number of carbonyl (C=O) groups is 2. The summed E-state index contributed by atoms with van der Waals surface area (Å²) in [7, 11) is 0. The minimum Gasteiger partial charge on any atom is -0.465 e. The Labute approximate surface area is 208 Å². The number of amides is 2. The second-order valence-electron chi connectivity index (χ2n) is 8.92. The molecule has 2 N–H and O–H groups in total. The van der Waals surface area contributed by atoms with Gasteiger partial charge in [0.05, 0.1) is 11.9 Å². The Kier molecular flexibility index (Phi) is 6.59. The van der Waals surface area contributed by atoms with Gasteiger partial charge < -0.3 is 25.1 Å². The van der Waals surface area contributed by atoms with Gasteiger partial charge in [-0.1, -0.05) is 35.9 Å². The van der Waals surface area contributed by atoms with E-state index in [-0.39, 0.29) is 11.9 Å². The van der Waals surface area contributed by atoms with E-state index in [0.29, 0.717) is 56.7 Å². The van der Waals surface area contributed by atoms with Gasteiger partial charge in [-0.2, -0.15) is 4.98 Å². The Morgan fingerprint density at radius 1 is 0.971 bits per heavy atom. The van der Waals surface area contributed by atoms with Crippen molar-refractivity contribution in [2.75, 3.05) is 49.5 Å². The average Bonchev–Trinajstić information content (AvgIpc) is 3.33. The number of nitrogens with zero attached hydrogens (tertiary/aromatic N) is 5. The molecule has 2 aliphatic heterocycles. The molecule has 3 heterocycles. The lowest BCUT2D eigenvalue weighted by Gasteiger charge is -2.34. The largest absolute Gasteiger partial charge is 0.465 e. The molecular formula is C25H27ClN6O3. The van der Waals surface area contributed by atoms with Crippen molar-refractivity contribution in [3.63, 3.8) is 0 Å². The zero-order valence-electron chi connectivity index (χ0n) is 19.2. The van der Waals surface area contributed by atoms with Gasteiger partial charge in [0, 0.05) is 55.7 Å². The van der Waals surface area contributed by atoms with Crippen molar-refractivity contribution >= 4 is 46.3 Å². The zero-order chi connectivity index (χ0) is 24.4. The molecule has 0 bridgehead atoms. The zero-order valence-corrected chi connectivity index (χ0v) is 20.0. The molecule has 1 atom stereocenters. The third-order valence-corrected chi connectivity index (χ3v) is 6.83. The number of aromatic nitrogens is 2. The van der Waals surface area contributed by atoms with Crippen molar-refractivity contribution in [3.8, 4) is 0 Å². The monoisotopic (exact) mass is 494 g/mol. The van der Waals surface area contributed by atoms with Crippen LogP contribution < -0.4 is 10.2 Å². The van der Waals surface area contributed by atoms with Crippen molar-refractivity contribution in [1.29, 1.82) is 0 Å². The number of fused-ring (bicyclic) bond motifs is 1. The van der Waals surface area contributed by atoms with Crippen LogP contribution in [0, 0.1) is 0 Å². The second kappa shape index (κ2) is 9.95. The highest BCUT2D eigenvalue weighted by atomic mass is 35.5. The highest BCUT2D eigenvalue weighted by Gasteiger charge is 2.28. The number of likely N-dealkylation sites (tertiary alicyclic amines) is 1. The number of carbonyl (C=O) groups excluding carboxylic acids is 1. The number of benzene rings is 2. The number of hydrogen-bond acceptors (Lipinski definition) is 6. The normalized spacial score (nSPS) is 18.2. The molecule has 1 aromatic heterocycles. The number of anilines is 2. The molecule has 35 heavy (non-hydrogen) atoms. The number of rotatable bonds is 5. The second-order valence-corrected chi connectivity index (χ2v) is 9.35. The number of piperazine rings is 1. The maximum absolute atomic E-state index is 12.8. The summed E-state index contributed by atoms with van der Waals surface area (Å²) in [6, 6.07) is 15.3. The van der Waals surface area contributed by atoms with E-state index in [4.69, 9.17) is 21.6 Å². The fourth-order valence-corrected chi connectivity index (χ4v) is 4.78. The first kappa shape index (κ1) is 23.2. The van der Waals surface area contributed by atoms with Crippen LogP contribution in [0.2, 0.25) is 5.02 Å². The van der Waals surface area contributed by atoms with Crippen LogP contribution in [0.5, 0.6) is 0 Å². The molecule has 2 aromatic carbocycles. The SMILES string of the molecule is O=C(O)N1CCN(c2nc(N[C@H]3CCN(C(=O)Cc4ccc(Cl)cc4)C3)nc3ccccc23)CC1. The summed E-state index contributed by atoms with van der Waals surface area (Å²) in [5.74, 6) is 1.42. The maximum atomic E-state index is 12.8. The van der Waals surface area contributed by atoms with Gasteiger partial charge >= 0.3 is 6.09 Å². The Balaban J connectivity index is 1.28. The van der Waals surface area contributed by atoms with Gasteiger partial charge in [-0.25, -0.2) is 9.78 Å². The Hall–Kier alpha value is -3.59. The first-order valence-corrected chi connectivity index (χ1v) is 12.1. The summed E-state index contributed by atoms with van der Waals surface area (Å²) >= 11 is 5.94. The van der Waals surface area contributed by atoms with Crippen LogP contribution >= 0.6 is 11.6 Å². The van der Waals surface area contributed by atoms with E-state index < -0.39 is 6.09 Å². The molecule has 5 rings (SSSR count). The smallest absolute Gasteiger partial charge is 0.407 e. The van der Waals surface area contributed by atoms with Crippen molar-refractivity contribution in [2.24, 2.45) is 0 Å². The summed E-state index contributed by atoms with van der Waals surface area (Å²) < 4.78 is 0. The Morgan fingerprint density at radius 3 is 2.46 bits per heavy atom. The lowest BCUT2D eigenvalue weighted by Crippen LogP contribution is -2.48. The molecule has 9 nitrogen and oxygen atoms in total. The molecule has 0 unspecified atom stereocenters. The number of halogens is 1. The predicted octanol–water partition coefficient (Wildman–Crippen LogP) is 3.34. The molecule has 2 amide bonds. The molecule has 0 radical (unpaired) electrons. The summed E-state index contributed by atoms with van der Waals surface area (Å²) in [4.78, 5) is 39.0. The van der Waals surface area contributed by atoms with E-state index >= 15 is 0 Å². The molecule has 2 aliphatic rings. The van der Waals surface area contributed by atoms with Crippen molar-refractivity contribution in [1.82, 2.24) is 19.8 Å². The minimum atomic E-state index is -0.893. The van der Waals surface area contributed by atoms with E-state index in [9.17, 15) is 14.7 Å². The van der Waals surface area contributed by atoms with Crippen LogP contribution in [0.4, 0.5) is 16.6 Å². The molecule has 3 aromatic rings. The first-order valence-electron chi connectivity index (χ1n) is 11.7. The third-order valence-electron chi connectivity index (χ3n) is 6.58. The fourth-order valence-electron chi connectivity index (χ4n) is 4.65. The average molecular weight is 495 g/mol. The fraction of sp³-hybridized carbons (Fsp3) is 0.360. The molecule has 0 aliphatic carbocycles. The highest BCUT2D eigenvalue weighted by Crippen LogP contribution is 2.27. The first-order chi connectivity index (χ1) is 17.0. The van der Waals surface area contributed by atoms with Crippen LogP contribution in [0.25, 0.3) is 10.9 Å². The van der Waals surface area contributed by atoms with Gasteiger partial charge in [0.2, 0.25) is 11.9 Å². The number of para-hydroxylation sites is 1. The van der Waals surface area contributed by atoms with Crippen molar-refractivity contribution in [2.45, 2.75) is 18.9 Å². The number of carboxylic acid groups (broad SMARTS) is 1. The van der Waals surface area contributed by atoms with Gasteiger partial charge in [0.15, 0.2) is 0 Å². The van der Waals surface area contributed by atoms with Crippen LogP contribution in [0.3, 0.4) is 0 Å². The van der Waals surface area contributed by atoms with E-state index in [1.54, 1.807) is 12.1 Å². The number of nitrogens with one attached hydrogen (secondary N) is 1. The maximum Gasteiger partial charge on any atom is 0.407 e. The molecule has 2 saturated heterocycles. The third kappa shape index (κ3) is 5.24. The quantitative estimate of drug-likeness (QED) is 0.560. The molecule has 182 valence electrons. The van der Waals surface area contributed by atoms with Crippen molar-refractivity contribution < 1.29 is 14.7 Å².